The number of rotatable bonds is 3. The molecule has 1 aromatic carbocycles. The molecule has 138 valence electrons. The van der Waals surface area contributed by atoms with Gasteiger partial charge in [0.25, 0.3) is 0 Å². The van der Waals surface area contributed by atoms with E-state index in [9.17, 15) is 15.8 Å². The molecule has 4 unspecified atom stereocenters. The highest BCUT2D eigenvalue weighted by molar-refractivity contribution is 5.89. The van der Waals surface area contributed by atoms with Gasteiger partial charge >= 0.3 is 0 Å². The molecule has 1 N–H and O–H groups in total. The first-order chi connectivity index (χ1) is 12.8. The third-order valence-corrected chi connectivity index (χ3v) is 5.71. The van der Waals surface area contributed by atoms with E-state index in [1.54, 1.807) is 32.0 Å². The molecule has 27 heavy (non-hydrogen) atoms. The fraction of sp³-hybridized carbons (Fsp3) is 0.474. The topological polar surface area (TPSA) is 132 Å². The van der Waals surface area contributed by atoms with Crippen molar-refractivity contribution in [2.45, 2.75) is 25.7 Å². The number of hydrogen-bond acceptors (Lipinski definition) is 8. The minimum Gasteiger partial charge on any atom is -0.497 e. The summed E-state index contributed by atoms with van der Waals surface area (Å²) in [6.45, 7) is 3.18. The largest absolute Gasteiger partial charge is 0.497 e. The molecule has 8 nitrogen and oxygen atoms in total. The van der Waals surface area contributed by atoms with Crippen LogP contribution in [-0.2, 0) is 9.47 Å². The Morgan fingerprint density at radius 3 is 2.30 bits per heavy atom. The lowest BCUT2D eigenvalue weighted by atomic mass is 9.51. The van der Waals surface area contributed by atoms with Crippen molar-refractivity contribution in [2.24, 2.45) is 16.7 Å². The van der Waals surface area contributed by atoms with Crippen molar-refractivity contribution in [1.82, 2.24) is 0 Å². The van der Waals surface area contributed by atoms with Crippen molar-refractivity contribution < 1.29 is 18.9 Å². The van der Waals surface area contributed by atoms with Gasteiger partial charge in [0.05, 0.1) is 38.3 Å². The first-order valence-corrected chi connectivity index (χ1v) is 8.21. The number of nitriles is 3. The first-order valence-electron chi connectivity index (χ1n) is 8.21. The van der Waals surface area contributed by atoms with Crippen LogP contribution in [0.4, 0.5) is 0 Å². The summed E-state index contributed by atoms with van der Waals surface area (Å²) in [6.07, 6.45) is -1.13. The molecule has 2 bridgehead atoms. The quantitative estimate of drug-likeness (QED) is 0.869. The molecule has 0 radical (unpaired) electrons. The van der Waals surface area contributed by atoms with Crippen molar-refractivity contribution in [3.8, 4) is 29.7 Å². The Labute approximate surface area is 156 Å². The molecule has 0 saturated carbocycles. The van der Waals surface area contributed by atoms with Crippen LogP contribution < -0.4 is 9.47 Å². The Morgan fingerprint density at radius 1 is 1.11 bits per heavy atom. The SMILES string of the molecule is COc1ccc(OC)c(C2OC3(C)OC(=N)C2(C#N)C(C#N)(C#N)C3C)c1. The number of hydrogen-bond donors (Lipinski definition) is 1. The third-order valence-electron chi connectivity index (χ3n) is 5.71. The summed E-state index contributed by atoms with van der Waals surface area (Å²) < 4.78 is 22.4. The monoisotopic (exact) mass is 366 g/mol. The molecule has 3 aliphatic heterocycles. The molecule has 3 saturated heterocycles. The molecule has 0 aromatic heterocycles. The number of nitrogens with zero attached hydrogens (tertiary/aromatic N) is 3. The summed E-state index contributed by atoms with van der Waals surface area (Å²) >= 11 is 0. The van der Waals surface area contributed by atoms with E-state index in [0.717, 1.165) is 0 Å². The Kier molecular flexibility index (Phi) is 4.03. The van der Waals surface area contributed by atoms with Crippen LogP contribution in [-0.4, -0.2) is 25.9 Å². The van der Waals surface area contributed by atoms with E-state index in [4.69, 9.17) is 24.4 Å². The van der Waals surface area contributed by atoms with Gasteiger partial charge in [-0.3, -0.25) is 5.41 Å². The second kappa shape index (κ2) is 5.87. The molecule has 3 heterocycles. The number of ether oxygens (including phenoxy) is 4. The van der Waals surface area contributed by atoms with Gasteiger partial charge in [0.1, 0.15) is 17.6 Å². The average Bonchev–Trinajstić information content (AvgIpc) is 2.68. The maximum atomic E-state index is 10.1. The second-order valence-corrected chi connectivity index (χ2v) is 6.73. The minimum absolute atomic E-state index is 0.386. The van der Waals surface area contributed by atoms with Crippen molar-refractivity contribution in [1.29, 1.82) is 21.2 Å². The number of fused-ring (bicyclic) bond motifs is 3. The molecule has 0 spiro atoms. The lowest BCUT2D eigenvalue weighted by Gasteiger charge is -2.60. The zero-order valence-electron chi connectivity index (χ0n) is 15.4. The highest BCUT2D eigenvalue weighted by atomic mass is 16.7. The standard InChI is InChI=1S/C19H18N4O4/c1-11-17(2)26-15(13-7-12(24-3)5-6-14(13)25-4)19(10-22,16(23)27-17)18(11,8-20)9-21/h5-7,11,15,23H,1-4H3. The Morgan fingerprint density at radius 2 is 1.78 bits per heavy atom. The Balaban J connectivity index is 2.37. The lowest BCUT2D eigenvalue weighted by molar-refractivity contribution is -0.338. The van der Waals surface area contributed by atoms with Crippen LogP contribution >= 0.6 is 0 Å². The van der Waals surface area contributed by atoms with Gasteiger partial charge in [-0.1, -0.05) is 6.92 Å². The summed E-state index contributed by atoms with van der Waals surface area (Å²) in [7, 11) is 2.95. The van der Waals surface area contributed by atoms with Gasteiger partial charge in [-0.25, -0.2) is 0 Å². The smallest absolute Gasteiger partial charge is 0.215 e. The molecular formula is C19H18N4O4. The second-order valence-electron chi connectivity index (χ2n) is 6.73. The zero-order chi connectivity index (χ0) is 20.0. The Hall–Kier alpha value is -3.28. The average molecular weight is 366 g/mol. The maximum Gasteiger partial charge on any atom is 0.215 e. The van der Waals surface area contributed by atoms with Gasteiger partial charge < -0.3 is 18.9 Å². The molecule has 4 atom stereocenters. The van der Waals surface area contributed by atoms with Gasteiger partial charge in [-0.15, -0.1) is 0 Å². The van der Waals surface area contributed by atoms with Gasteiger partial charge in [0, 0.05) is 12.5 Å². The van der Waals surface area contributed by atoms with Crippen molar-refractivity contribution in [3.63, 3.8) is 0 Å². The highest BCUT2D eigenvalue weighted by Gasteiger charge is 2.78. The van der Waals surface area contributed by atoms with Gasteiger partial charge in [0.15, 0.2) is 10.8 Å². The van der Waals surface area contributed by atoms with E-state index in [1.807, 2.05) is 18.2 Å². The molecular weight excluding hydrogens is 348 g/mol. The fourth-order valence-corrected chi connectivity index (χ4v) is 3.99. The van der Waals surface area contributed by atoms with Crippen LogP contribution in [0.2, 0.25) is 0 Å². The summed E-state index contributed by atoms with van der Waals surface area (Å²) in [4.78, 5) is 0. The van der Waals surface area contributed by atoms with Crippen LogP contribution in [0.5, 0.6) is 11.5 Å². The molecule has 0 aliphatic carbocycles. The van der Waals surface area contributed by atoms with Gasteiger partial charge in [-0.05, 0) is 18.2 Å². The van der Waals surface area contributed by atoms with Crippen LogP contribution in [0.25, 0.3) is 0 Å². The van der Waals surface area contributed by atoms with Crippen LogP contribution in [0.3, 0.4) is 0 Å². The van der Waals surface area contributed by atoms with E-state index in [2.05, 4.69) is 0 Å². The molecule has 1 aromatic rings. The summed E-state index contributed by atoms with van der Waals surface area (Å²) in [5, 5.41) is 38.5. The molecule has 4 rings (SSSR count). The first kappa shape index (κ1) is 18.5. The van der Waals surface area contributed by atoms with E-state index in [-0.39, 0.29) is 0 Å². The van der Waals surface area contributed by atoms with Crippen molar-refractivity contribution in [2.75, 3.05) is 14.2 Å². The van der Waals surface area contributed by atoms with Crippen LogP contribution in [0, 0.1) is 56.2 Å². The van der Waals surface area contributed by atoms with E-state index < -0.39 is 34.5 Å². The molecule has 8 heteroatoms. The van der Waals surface area contributed by atoms with Crippen molar-refractivity contribution >= 4 is 5.90 Å². The molecule has 3 aliphatic rings. The van der Waals surface area contributed by atoms with Gasteiger partial charge in [-0.2, -0.15) is 15.8 Å². The van der Waals surface area contributed by atoms with Crippen LogP contribution in [0.1, 0.15) is 25.5 Å². The third kappa shape index (κ3) is 2.01. The predicted octanol–water partition coefficient (Wildman–Crippen LogP) is 2.68. The maximum absolute atomic E-state index is 10.1. The van der Waals surface area contributed by atoms with E-state index in [1.165, 1.54) is 14.2 Å². The Bertz CT molecular complexity index is 926. The number of methoxy groups -OCH3 is 2. The highest BCUT2D eigenvalue weighted by Crippen LogP contribution is 2.66. The molecule has 3 fully saturated rings. The number of nitrogens with one attached hydrogen (secondary N) is 1. The van der Waals surface area contributed by atoms with Crippen molar-refractivity contribution in [3.05, 3.63) is 23.8 Å². The summed E-state index contributed by atoms with van der Waals surface area (Å²) in [5.74, 6) is -1.80. The minimum atomic E-state index is -1.96. The zero-order valence-corrected chi connectivity index (χ0v) is 15.4. The van der Waals surface area contributed by atoms with Gasteiger partial charge in [0.2, 0.25) is 11.7 Å². The van der Waals surface area contributed by atoms with Crippen LogP contribution in [0.15, 0.2) is 18.2 Å². The van der Waals surface area contributed by atoms with E-state index >= 15 is 0 Å². The number of benzene rings is 1. The normalized spacial score (nSPS) is 33.1. The van der Waals surface area contributed by atoms with E-state index in [0.29, 0.717) is 17.1 Å². The fourth-order valence-electron chi connectivity index (χ4n) is 3.99. The summed E-state index contributed by atoms with van der Waals surface area (Å²) in [6, 6.07) is 11.0. The predicted molar refractivity (Wildman–Crippen MR) is 91.5 cm³/mol. The summed E-state index contributed by atoms with van der Waals surface area (Å²) in [5.41, 5.74) is -3.41. The lowest BCUT2D eigenvalue weighted by Crippen LogP contribution is -2.71. The molecule has 0 amide bonds.